The van der Waals surface area contributed by atoms with Crippen LogP contribution in [-0.2, 0) is 11.3 Å². The van der Waals surface area contributed by atoms with E-state index in [-0.39, 0.29) is 41.9 Å². The molecule has 0 bridgehead atoms. The Morgan fingerprint density at radius 2 is 2.03 bits per heavy atom. The summed E-state index contributed by atoms with van der Waals surface area (Å²) in [5.74, 6) is -3.43. The SMILES string of the molecule is C=C1CCCN(c2nc(-c3cc(OC(F)F)n(Cc4ccccc4F)n3)ncc2F)[C@H]1C(=O)O. The molecule has 12 heteroatoms. The number of benzene rings is 1. The van der Waals surface area contributed by atoms with Gasteiger partial charge in [0, 0.05) is 18.2 Å². The molecule has 0 saturated carbocycles. The van der Waals surface area contributed by atoms with Gasteiger partial charge in [0.1, 0.15) is 17.6 Å². The molecule has 0 aliphatic carbocycles. The second kappa shape index (κ2) is 9.49. The lowest BCUT2D eigenvalue weighted by molar-refractivity contribution is -0.137. The number of carbonyl (C=O) groups is 1. The monoisotopic (exact) mass is 477 g/mol. The van der Waals surface area contributed by atoms with Crippen LogP contribution in [0.3, 0.4) is 0 Å². The number of rotatable bonds is 7. The number of hydrogen-bond acceptors (Lipinski definition) is 6. The smallest absolute Gasteiger partial charge is 0.388 e. The van der Waals surface area contributed by atoms with Gasteiger partial charge in [0.05, 0.1) is 12.7 Å². The first kappa shape index (κ1) is 23.2. The van der Waals surface area contributed by atoms with E-state index < -0.39 is 30.3 Å². The van der Waals surface area contributed by atoms with E-state index in [9.17, 15) is 27.5 Å². The van der Waals surface area contributed by atoms with Crippen molar-refractivity contribution in [3.8, 4) is 17.4 Å². The van der Waals surface area contributed by atoms with Crippen molar-refractivity contribution in [3.63, 3.8) is 0 Å². The number of carboxylic acid groups (broad SMARTS) is 1. The predicted octanol–water partition coefficient (Wildman–Crippen LogP) is 3.88. The number of aliphatic carboxylic acids is 1. The molecule has 1 aromatic carbocycles. The number of ether oxygens (including phenoxy) is 1. The summed E-state index contributed by atoms with van der Waals surface area (Å²) in [6, 6.07) is 5.68. The average Bonchev–Trinajstić information content (AvgIpc) is 3.16. The highest BCUT2D eigenvalue weighted by Gasteiger charge is 2.34. The fourth-order valence-corrected chi connectivity index (χ4v) is 3.78. The minimum Gasteiger partial charge on any atom is -0.479 e. The number of anilines is 1. The Balaban J connectivity index is 1.73. The van der Waals surface area contributed by atoms with E-state index in [4.69, 9.17) is 0 Å². The summed E-state index contributed by atoms with van der Waals surface area (Å²) < 4.78 is 60.2. The molecule has 1 fully saturated rings. The molecule has 0 spiro atoms. The number of piperidine rings is 1. The van der Waals surface area contributed by atoms with Crippen LogP contribution in [0.5, 0.6) is 5.88 Å². The van der Waals surface area contributed by atoms with Crippen molar-refractivity contribution in [3.05, 3.63) is 65.9 Å². The quantitative estimate of drug-likeness (QED) is 0.408. The van der Waals surface area contributed by atoms with Gasteiger partial charge in [-0.05, 0) is 24.5 Å². The number of carboxylic acids is 1. The van der Waals surface area contributed by atoms with E-state index in [0.29, 0.717) is 18.4 Å². The molecule has 34 heavy (non-hydrogen) atoms. The van der Waals surface area contributed by atoms with Gasteiger partial charge in [-0.2, -0.15) is 13.9 Å². The third-order valence-electron chi connectivity index (χ3n) is 5.29. The lowest BCUT2D eigenvalue weighted by Gasteiger charge is -2.35. The lowest BCUT2D eigenvalue weighted by atomic mass is 9.97. The molecular formula is C22H19F4N5O3. The van der Waals surface area contributed by atoms with Gasteiger partial charge in [0.25, 0.3) is 0 Å². The van der Waals surface area contributed by atoms with Crippen LogP contribution in [-0.4, -0.2) is 50.0 Å². The van der Waals surface area contributed by atoms with Gasteiger partial charge in [-0.3, -0.25) is 0 Å². The first-order valence-corrected chi connectivity index (χ1v) is 10.2. The summed E-state index contributed by atoms with van der Waals surface area (Å²) >= 11 is 0. The molecule has 1 aliphatic heterocycles. The molecule has 1 aliphatic rings. The Bertz CT molecular complexity index is 1230. The Morgan fingerprint density at radius 1 is 1.26 bits per heavy atom. The summed E-state index contributed by atoms with van der Waals surface area (Å²) in [7, 11) is 0. The fraction of sp³-hybridized carbons (Fsp3) is 0.273. The zero-order valence-corrected chi connectivity index (χ0v) is 17.7. The van der Waals surface area contributed by atoms with Crippen LogP contribution in [0.15, 0.2) is 48.7 Å². The molecule has 1 N–H and O–H groups in total. The summed E-state index contributed by atoms with van der Waals surface area (Å²) in [6.07, 6.45) is 1.87. The molecule has 1 atom stereocenters. The van der Waals surface area contributed by atoms with Crippen LogP contribution in [0.4, 0.5) is 23.4 Å². The van der Waals surface area contributed by atoms with Crippen LogP contribution in [0.1, 0.15) is 18.4 Å². The van der Waals surface area contributed by atoms with Crippen molar-refractivity contribution in [2.45, 2.75) is 32.0 Å². The zero-order valence-electron chi connectivity index (χ0n) is 17.7. The minimum atomic E-state index is -3.18. The van der Waals surface area contributed by atoms with Crippen molar-refractivity contribution in [2.24, 2.45) is 0 Å². The van der Waals surface area contributed by atoms with Crippen LogP contribution in [0.25, 0.3) is 11.5 Å². The van der Waals surface area contributed by atoms with Crippen LogP contribution < -0.4 is 9.64 Å². The first-order chi connectivity index (χ1) is 16.2. The molecule has 4 rings (SSSR count). The molecule has 0 amide bonds. The number of halogens is 4. The Kier molecular flexibility index (Phi) is 6.48. The fourth-order valence-electron chi connectivity index (χ4n) is 3.78. The van der Waals surface area contributed by atoms with Gasteiger partial charge in [-0.25, -0.2) is 28.2 Å². The van der Waals surface area contributed by atoms with Crippen molar-refractivity contribution in [1.29, 1.82) is 0 Å². The van der Waals surface area contributed by atoms with E-state index in [0.717, 1.165) is 16.9 Å². The van der Waals surface area contributed by atoms with Gasteiger partial charge < -0.3 is 14.7 Å². The van der Waals surface area contributed by atoms with Gasteiger partial charge in [-0.15, -0.1) is 0 Å². The largest absolute Gasteiger partial charge is 0.479 e. The van der Waals surface area contributed by atoms with E-state index in [1.54, 1.807) is 6.07 Å². The third kappa shape index (κ3) is 4.70. The normalized spacial score (nSPS) is 16.2. The molecule has 8 nitrogen and oxygen atoms in total. The third-order valence-corrected chi connectivity index (χ3v) is 5.29. The topological polar surface area (TPSA) is 93.4 Å². The molecular weight excluding hydrogens is 458 g/mol. The summed E-state index contributed by atoms with van der Waals surface area (Å²) in [5.41, 5.74) is 0.532. The Morgan fingerprint density at radius 3 is 2.74 bits per heavy atom. The number of nitrogens with zero attached hydrogens (tertiary/aromatic N) is 5. The highest BCUT2D eigenvalue weighted by Crippen LogP contribution is 2.30. The van der Waals surface area contributed by atoms with Crippen LogP contribution in [0.2, 0.25) is 0 Å². The summed E-state index contributed by atoms with van der Waals surface area (Å²) in [6.45, 7) is 0.580. The van der Waals surface area contributed by atoms with Gasteiger partial charge in [0.2, 0.25) is 5.88 Å². The Labute approximate surface area is 191 Å². The number of alkyl halides is 2. The van der Waals surface area contributed by atoms with Gasteiger partial charge in [-0.1, -0.05) is 24.8 Å². The molecule has 3 heterocycles. The average molecular weight is 477 g/mol. The van der Waals surface area contributed by atoms with Gasteiger partial charge >= 0.3 is 12.6 Å². The molecule has 0 unspecified atom stereocenters. The molecule has 0 radical (unpaired) electrons. The zero-order chi connectivity index (χ0) is 24.4. The molecule has 3 aromatic rings. The van der Waals surface area contributed by atoms with Gasteiger partial charge in [0.15, 0.2) is 17.5 Å². The summed E-state index contributed by atoms with van der Waals surface area (Å²) in [5, 5.41) is 13.7. The molecule has 178 valence electrons. The second-order valence-electron chi connectivity index (χ2n) is 7.56. The lowest BCUT2D eigenvalue weighted by Crippen LogP contribution is -2.47. The standard InChI is InChI=1S/C22H19F4N5O3/c1-12-5-4-8-30(18(12)21(32)33)20-15(24)10-27-19(28-20)16-9-17(34-22(25)26)31(29-16)11-13-6-2-3-7-14(13)23/h2-3,6-7,9-10,18,22H,1,4-5,8,11H2,(H,32,33)/t18-/m1/s1. The van der Waals surface area contributed by atoms with Crippen molar-refractivity contribution in [1.82, 2.24) is 19.7 Å². The van der Waals surface area contributed by atoms with Crippen molar-refractivity contribution < 1.29 is 32.2 Å². The highest BCUT2D eigenvalue weighted by atomic mass is 19.3. The number of hydrogen-bond donors (Lipinski definition) is 1. The van der Waals surface area contributed by atoms with E-state index in [2.05, 4.69) is 26.4 Å². The van der Waals surface area contributed by atoms with Crippen molar-refractivity contribution in [2.75, 3.05) is 11.4 Å². The first-order valence-electron chi connectivity index (χ1n) is 10.2. The molecule has 2 aromatic heterocycles. The van der Waals surface area contributed by atoms with Crippen LogP contribution in [0, 0.1) is 11.6 Å². The van der Waals surface area contributed by atoms with E-state index >= 15 is 0 Å². The second-order valence-corrected chi connectivity index (χ2v) is 7.56. The van der Waals surface area contributed by atoms with Crippen molar-refractivity contribution >= 4 is 11.8 Å². The summed E-state index contributed by atoms with van der Waals surface area (Å²) in [4.78, 5) is 21.0. The molecule has 1 saturated heterocycles. The minimum absolute atomic E-state index is 0.0454. The highest BCUT2D eigenvalue weighted by molar-refractivity contribution is 5.82. The van der Waals surface area contributed by atoms with E-state index in [1.807, 2.05) is 0 Å². The maximum atomic E-state index is 14.6. The maximum absolute atomic E-state index is 14.6. The Hall–Kier alpha value is -3.96. The predicted molar refractivity (Wildman–Crippen MR) is 112 cm³/mol. The number of aromatic nitrogens is 4. The maximum Gasteiger partial charge on any atom is 0.388 e. The van der Waals surface area contributed by atoms with Crippen LogP contribution >= 0.6 is 0 Å². The van der Waals surface area contributed by atoms with E-state index in [1.165, 1.54) is 23.1 Å².